The molecule has 0 saturated heterocycles. The molecule has 0 unspecified atom stereocenters. The van der Waals surface area contributed by atoms with Crippen LogP contribution >= 0.6 is 11.3 Å². The van der Waals surface area contributed by atoms with Crippen molar-refractivity contribution in [1.29, 1.82) is 0 Å². The van der Waals surface area contributed by atoms with Crippen molar-refractivity contribution in [2.24, 2.45) is 0 Å². The van der Waals surface area contributed by atoms with Gasteiger partial charge in [-0.05, 0) is 54.3 Å². The van der Waals surface area contributed by atoms with Crippen molar-refractivity contribution in [2.45, 2.75) is 26.4 Å². The van der Waals surface area contributed by atoms with Gasteiger partial charge in [0.1, 0.15) is 5.60 Å². The van der Waals surface area contributed by atoms with Crippen LogP contribution in [0.15, 0.2) is 35.0 Å². The Morgan fingerprint density at radius 3 is 2.55 bits per heavy atom. The lowest BCUT2D eigenvalue weighted by Gasteiger charge is -2.23. The Morgan fingerprint density at radius 2 is 1.95 bits per heavy atom. The summed E-state index contributed by atoms with van der Waals surface area (Å²) >= 11 is 1.53. The van der Waals surface area contributed by atoms with E-state index in [1.54, 1.807) is 6.92 Å². The number of carbonyl (C=O) groups is 1. The highest BCUT2D eigenvalue weighted by molar-refractivity contribution is 7.08. The van der Waals surface area contributed by atoms with Crippen LogP contribution in [0.25, 0.3) is 0 Å². The van der Waals surface area contributed by atoms with Crippen LogP contribution in [0.5, 0.6) is 0 Å². The predicted octanol–water partition coefficient (Wildman–Crippen LogP) is 2.80. The van der Waals surface area contributed by atoms with Crippen LogP contribution in [-0.4, -0.2) is 24.1 Å². The van der Waals surface area contributed by atoms with E-state index in [0.717, 1.165) is 22.4 Å². The van der Waals surface area contributed by atoms with E-state index >= 15 is 0 Å². The lowest BCUT2D eigenvalue weighted by atomic mass is 9.99. The average molecular weight is 318 g/mol. The highest BCUT2D eigenvalue weighted by Gasteiger charge is 2.24. The van der Waals surface area contributed by atoms with Crippen molar-refractivity contribution in [3.63, 3.8) is 0 Å². The molecule has 2 aromatic rings. The fraction of sp³-hybridized carbons (Fsp3) is 0.353. The molecule has 2 rings (SSSR count). The molecule has 0 aliphatic heterocycles. The number of para-hydroxylation sites is 1. The topological polar surface area (TPSA) is 61.4 Å². The molecule has 5 heteroatoms. The average Bonchev–Trinajstić information content (AvgIpc) is 3.00. The van der Waals surface area contributed by atoms with Crippen LogP contribution in [-0.2, 0) is 10.4 Å². The van der Waals surface area contributed by atoms with E-state index < -0.39 is 5.60 Å². The van der Waals surface area contributed by atoms with Gasteiger partial charge in [0.15, 0.2) is 0 Å². The lowest BCUT2D eigenvalue weighted by Crippen LogP contribution is -2.40. The third-order valence-corrected chi connectivity index (χ3v) is 4.36. The van der Waals surface area contributed by atoms with E-state index in [1.807, 2.05) is 48.9 Å². The molecule has 0 aliphatic carbocycles. The minimum atomic E-state index is -1.05. The van der Waals surface area contributed by atoms with Gasteiger partial charge >= 0.3 is 0 Å². The summed E-state index contributed by atoms with van der Waals surface area (Å²) < 4.78 is 0. The summed E-state index contributed by atoms with van der Waals surface area (Å²) in [4.78, 5) is 12.0. The quantitative estimate of drug-likeness (QED) is 0.767. The minimum absolute atomic E-state index is 0.141. The van der Waals surface area contributed by atoms with E-state index in [2.05, 4.69) is 10.6 Å². The number of anilines is 1. The summed E-state index contributed by atoms with van der Waals surface area (Å²) in [7, 11) is 0. The lowest BCUT2D eigenvalue weighted by molar-refractivity contribution is -0.120. The normalized spacial score (nSPS) is 13.5. The van der Waals surface area contributed by atoms with Gasteiger partial charge in [0.05, 0.1) is 13.1 Å². The second-order valence-corrected chi connectivity index (χ2v) is 6.46. The summed E-state index contributed by atoms with van der Waals surface area (Å²) in [6, 6.07) is 7.88. The number of thiophene rings is 1. The van der Waals surface area contributed by atoms with Crippen molar-refractivity contribution >= 4 is 22.9 Å². The van der Waals surface area contributed by atoms with Crippen LogP contribution in [0.3, 0.4) is 0 Å². The molecule has 1 aromatic heterocycles. The molecule has 0 fully saturated rings. The largest absolute Gasteiger partial charge is 0.384 e. The fourth-order valence-corrected chi connectivity index (χ4v) is 3.05. The van der Waals surface area contributed by atoms with Gasteiger partial charge in [0.25, 0.3) is 0 Å². The summed E-state index contributed by atoms with van der Waals surface area (Å²) in [5, 5.41) is 20.1. The number of rotatable bonds is 6. The van der Waals surface area contributed by atoms with Gasteiger partial charge in [-0.2, -0.15) is 11.3 Å². The highest BCUT2D eigenvalue weighted by Crippen LogP contribution is 2.22. The Balaban J connectivity index is 1.86. The maximum Gasteiger partial charge on any atom is 0.239 e. The van der Waals surface area contributed by atoms with Crippen molar-refractivity contribution < 1.29 is 9.90 Å². The molecule has 1 heterocycles. The predicted molar refractivity (Wildman–Crippen MR) is 91.3 cm³/mol. The smallest absolute Gasteiger partial charge is 0.239 e. The van der Waals surface area contributed by atoms with E-state index in [9.17, 15) is 9.90 Å². The maximum absolute atomic E-state index is 12.0. The molecule has 4 nitrogen and oxygen atoms in total. The Morgan fingerprint density at radius 1 is 1.27 bits per heavy atom. The SMILES string of the molecule is Cc1cccc(C)c1NCC(=O)NC[C@@](C)(O)c1ccsc1. The molecule has 0 saturated carbocycles. The zero-order valence-corrected chi connectivity index (χ0v) is 14.0. The Bertz CT molecular complexity index is 616. The van der Waals surface area contributed by atoms with Crippen molar-refractivity contribution in [3.05, 3.63) is 51.7 Å². The standard InChI is InChI=1S/C17H22N2O2S/c1-12-5-4-6-13(2)16(12)18-9-15(20)19-11-17(3,21)14-7-8-22-10-14/h4-8,10,18,21H,9,11H2,1-3H3,(H,19,20)/t17-/m1/s1. The van der Waals surface area contributed by atoms with E-state index in [-0.39, 0.29) is 19.0 Å². The summed E-state index contributed by atoms with van der Waals surface area (Å²) in [5.74, 6) is -0.141. The zero-order chi connectivity index (χ0) is 16.2. The molecule has 0 radical (unpaired) electrons. The Labute approximate surface area is 135 Å². The van der Waals surface area contributed by atoms with E-state index in [4.69, 9.17) is 0 Å². The van der Waals surface area contributed by atoms with Crippen molar-refractivity contribution in [1.82, 2.24) is 5.32 Å². The molecule has 0 spiro atoms. The number of amides is 1. The van der Waals surface area contributed by atoms with Gasteiger partial charge in [-0.3, -0.25) is 4.79 Å². The number of hydrogen-bond acceptors (Lipinski definition) is 4. The van der Waals surface area contributed by atoms with Crippen LogP contribution in [0.2, 0.25) is 0 Å². The summed E-state index contributed by atoms with van der Waals surface area (Å²) in [6.45, 7) is 6.10. The van der Waals surface area contributed by atoms with Crippen molar-refractivity contribution in [2.75, 3.05) is 18.4 Å². The summed E-state index contributed by atoms with van der Waals surface area (Å²) in [6.07, 6.45) is 0. The molecule has 0 aliphatic rings. The monoisotopic (exact) mass is 318 g/mol. The minimum Gasteiger partial charge on any atom is -0.384 e. The third kappa shape index (κ3) is 4.08. The number of carbonyl (C=O) groups excluding carboxylic acids is 1. The number of aryl methyl sites for hydroxylation is 2. The molecule has 0 bridgehead atoms. The van der Waals surface area contributed by atoms with Crippen LogP contribution in [0.4, 0.5) is 5.69 Å². The van der Waals surface area contributed by atoms with Crippen LogP contribution in [0, 0.1) is 13.8 Å². The number of aliphatic hydroxyl groups is 1. The molecule has 1 amide bonds. The number of hydrogen-bond donors (Lipinski definition) is 3. The third-order valence-electron chi connectivity index (χ3n) is 3.68. The van der Waals surface area contributed by atoms with Crippen molar-refractivity contribution in [3.8, 4) is 0 Å². The molecule has 118 valence electrons. The van der Waals surface area contributed by atoms with Gasteiger partial charge in [-0.15, -0.1) is 0 Å². The first-order valence-electron chi connectivity index (χ1n) is 7.22. The van der Waals surface area contributed by atoms with Gasteiger partial charge < -0.3 is 15.7 Å². The molecule has 3 N–H and O–H groups in total. The van der Waals surface area contributed by atoms with E-state index in [0.29, 0.717) is 0 Å². The van der Waals surface area contributed by atoms with Gasteiger partial charge in [-0.25, -0.2) is 0 Å². The van der Waals surface area contributed by atoms with Gasteiger partial charge in [0, 0.05) is 5.69 Å². The molecule has 22 heavy (non-hydrogen) atoms. The first kappa shape index (κ1) is 16.5. The molecule has 1 aromatic carbocycles. The number of nitrogens with one attached hydrogen (secondary N) is 2. The van der Waals surface area contributed by atoms with Gasteiger partial charge in [0.2, 0.25) is 5.91 Å². The van der Waals surface area contributed by atoms with Crippen LogP contribution < -0.4 is 10.6 Å². The first-order valence-corrected chi connectivity index (χ1v) is 8.16. The molecular weight excluding hydrogens is 296 g/mol. The Kier molecular flexibility index (Phi) is 5.21. The zero-order valence-electron chi connectivity index (χ0n) is 13.1. The Hall–Kier alpha value is -1.85. The number of benzene rings is 1. The fourth-order valence-electron chi connectivity index (χ4n) is 2.27. The van der Waals surface area contributed by atoms with E-state index in [1.165, 1.54) is 11.3 Å². The van der Waals surface area contributed by atoms with Crippen LogP contribution in [0.1, 0.15) is 23.6 Å². The maximum atomic E-state index is 12.0. The second-order valence-electron chi connectivity index (χ2n) is 5.68. The molecule has 1 atom stereocenters. The molecular formula is C17H22N2O2S. The van der Waals surface area contributed by atoms with Gasteiger partial charge in [-0.1, -0.05) is 18.2 Å². The summed E-state index contributed by atoms with van der Waals surface area (Å²) in [5.41, 5.74) is 2.98. The highest BCUT2D eigenvalue weighted by atomic mass is 32.1. The second kappa shape index (κ2) is 6.94. The first-order chi connectivity index (χ1) is 10.4.